The van der Waals surface area contributed by atoms with Crippen LogP contribution in [-0.4, -0.2) is 22.2 Å². The number of benzene rings is 2. The molecule has 0 bridgehead atoms. The van der Waals surface area contributed by atoms with E-state index in [1.54, 1.807) is 30.3 Å². The number of hydrazone groups is 1. The van der Waals surface area contributed by atoms with Gasteiger partial charge in [0.25, 0.3) is 11.6 Å². The van der Waals surface area contributed by atoms with Crippen molar-refractivity contribution in [2.24, 2.45) is 5.10 Å². The third kappa shape index (κ3) is 4.43. The average molecular weight is 400 g/mol. The van der Waals surface area contributed by atoms with Crippen LogP contribution in [0.2, 0.25) is 5.02 Å². The standard InChI is InChI=1S/C19H14ClN3O5/c20-13-6-8-15(16(10-13)23(26)27)17-9-7-14(28-17)11-21-22-19(25)18(24)12-4-2-1-3-5-12/h1-11,18,24H,(H,22,25)/b21-11-/t18-/m0/s1. The Balaban J connectivity index is 1.70. The molecular formula is C19H14ClN3O5. The third-order valence-electron chi connectivity index (χ3n) is 3.78. The van der Waals surface area contributed by atoms with E-state index in [0.29, 0.717) is 5.56 Å². The minimum atomic E-state index is -1.36. The quantitative estimate of drug-likeness (QED) is 0.372. The minimum absolute atomic E-state index is 0.190. The molecule has 3 aromatic rings. The lowest BCUT2D eigenvalue weighted by atomic mass is 10.1. The Hall–Kier alpha value is -3.49. The Kier molecular flexibility index (Phi) is 5.83. The van der Waals surface area contributed by atoms with Crippen molar-refractivity contribution in [2.45, 2.75) is 6.10 Å². The number of nitrogens with one attached hydrogen (secondary N) is 1. The molecule has 0 spiro atoms. The molecule has 1 aromatic heterocycles. The zero-order valence-electron chi connectivity index (χ0n) is 14.3. The number of aliphatic hydroxyl groups excluding tert-OH is 1. The van der Waals surface area contributed by atoms with Gasteiger partial charge in [-0.15, -0.1) is 0 Å². The highest BCUT2D eigenvalue weighted by molar-refractivity contribution is 6.30. The molecule has 8 nitrogen and oxygen atoms in total. The third-order valence-corrected chi connectivity index (χ3v) is 4.01. The number of nitro groups is 1. The fraction of sp³-hybridized carbons (Fsp3) is 0.0526. The molecule has 0 unspecified atom stereocenters. The first-order chi connectivity index (χ1) is 13.5. The highest BCUT2D eigenvalue weighted by Gasteiger charge is 2.19. The van der Waals surface area contributed by atoms with Crippen LogP contribution in [0.15, 0.2) is 70.2 Å². The molecule has 9 heteroatoms. The van der Waals surface area contributed by atoms with Crippen LogP contribution >= 0.6 is 11.6 Å². The van der Waals surface area contributed by atoms with Crippen molar-refractivity contribution < 1.29 is 19.2 Å². The first-order valence-electron chi connectivity index (χ1n) is 8.06. The molecule has 28 heavy (non-hydrogen) atoms. The monoisotopic (exact) mass is 399 g/mol. The maximum absolute atomic E-state index is 11.9. The Morgan fingerprint density at radius 1 is 1.21 bits per heavy atom. The molecule has 0 saturated heterocycles. The zero-order chi connectivity index (χ0) is 20.1. The predicted molar refractivity (Wildman–Crippen MR) is 103 cm³/mol. The first-order valence-corrected chi connectivity index (χ1v) is 8.43. The van der Waals surface area contributed by atoms with Gasteiger partial charge in [-0.1, -0.05) is 41.9 Å². The number of nitro benzene ring substituents is 1. The molecule has 0 aliphatic rings. The Morgan fingerprint density at radius 2 is 1.96 bits per heavy atom. The van der Waals surface area contributed by atoms with Gasteiger partial charge in [-0.25, -0.2) is 5.43 Å². The molecule has 1 heterocycles. The molecule has 0 saturated carbocycles. The van der Waals surface area contributed by atoms with Gasteiger partial charge in [-0.05, 0) is 29.8 Å². The number of furan rings is 1. The van der Waals surface area contributed by atoms with Crippen molar-refractivity contribution in [1.29, 1.82) is 0 Å². The summed E-state index contributed by atoms with van der Waals surface area (Å²) in [4.78, 5) is 22.6. The minimum Gasteiger partial charge on any atom is -0.455 e. The van der Waals surface area contributed by atoms with Crippen LogP contribution in [0.25, 0.3) is 11.3 Å². The average Bonchev–Trinajstić information content (AvgIpc) is 3.16. The van der Waals surface area contributed by atoms with Crippen LogP contribution in [-0.2, 0) is 4.79 Å². The fourth-order valence-corrected chi connectivity index (χ4v) is 2.60. The lowest BCUT2D eigenvalue weighted by molar-refractivity contribution is -0.384. The zero-order valence-corrected chi connectivity index (χ0v) is 15.0. The number of halogens is 1. The molecule has 0 fully saturated rings. The van der Waals surface area contributed by atoms with Crippen molar-refractivity contribution in [2.75, 3.05) is 0 Å². The molecule has 1 atom stereocenters. The summed E-state index contributed by atoms with van der Waals surface area (Å²) in [6, 6.07) is 15.7. The Bertz CT molecular complexity index is 1030. The van der Waals surface area contributed by atoms with E-state index in [-0.39, 0.29) is 27.8 Å². The summed E-state index contributed by atoms with van der Waals surface area (Å²) in [5.74, 6) is -0.197. The second-order valence-corrected chi connectivity index (χ2v) is 6.10. The summed E-state index contributed by atoms with van der Waals surface area (Å²) in [6.45, 7) is 0. The molecule has 0 radical (unpaired) electrons. The molecule has 0 aliphatic carbocycles. The Morgan fingerprint density at radius 3 is 2.68 bits per heavy atom. The Labute approximate surface area is 164 Å². The van der Waals surface area contributed by atoms with Gasteiger partial charge in [-0.2, -0.15) is 5.10 Å². The number of carbonyl (C=O) groups is 1. The summed E-state index contributed by atoms with van der Waals surface area (Å²) >= 11 is 5.80. The van der Waals surface area contributed by atoms with Crippen LogP contribution in [0.4, 0.5) is 5.69 Å². The molecule has 3 rings (SSSR count). The molecule has 2 aromatic carbocycles. The van der Waals surface area contributed by atoms with E-state index >= 15 is 0 Å². The SMILES string of the molecule is O=C(N/N=C\c1ccc(-c2ccc(Cl)cc2[N+](=O)[O-])o1)[C@@H](O)c1ccccc1. The number of amides is 1. The number of nitrogens with zero attached hydrogens (tertiary/aromatic N) is 2. The van der Waals surface area contributed by atoms with E-state index in [2.05, 4.69) is 10.5 Å². The van der Waals surface area contributed by atoms with E-state index in [9.17, 15) is 20.0 Å². The second-order valence-electron chi connectivity index (χ2n) is 5.67. The van der Waals surface area contributed by atoms with Gasteiger partial charge in [0.1, 0.15) is 11.5 Å². The van der Waals surface area contributed by atoms with Gasteiger partial charge in [0.15, 0.2) is 6.10 Å². The summed E-state index contributed by atoms with van der Waals surface area (Å²) < 4.78 is 5.52. The van der Waals surface area contributed by atoms with Gasteiger partial charge in [-0.3, -0.25) is 14.9 Å². The van der Waals surface area contributed by atoms with E-state index < -0.39 is 16.9 Å². The van der Waals surface area contributed by atoms with Gasteiger partial charge in [0, 0.05) is 11.1 Å². The fourth-order valence-electron chi connectivity index (χ4n) is 2.44. The maximum atomic E-state index is 11.9. The molecule has 1 amide bonds. The lowest BCUT2D eigenvalue weighted by Gasteiger charge is -2.08. The van der Waals surface area contributed by atoms with Crippen LogP contribution in [0, 0.1) is 10.1 Å². The number of aliphatic hydroxyl groups is 1. The van der Waals surface area contributed by atoms with Crippen molar-refractivity contribution in [3.63, 3.8) is 0 Å². The highest BCUT2D eigenvalue weighted by Crippen LogP contribution is 2.33. The topological polar surface area (TPSA) is 118 Å². The van der Waals surface area contributed by atoms with Crippen LogP contribution < -0.4 is 5.43 Å². The number of carbonyl (C=O) groups excluding carboxylic acids is 1. The van der Waals surface area contributed by atoms with Crippen molar-refractivity contribution in [3.05, 3.63) is 87.1 Å². The van der Waals surface area contributed by atoms with E-state index in [0.717, 1.165) is 0 Å². The van der Waals surface area contributed by atoms with Crippen LogP contribution in [0.3, 0.4) is 0 Å². The summed E-state index contributed by atoms with van der Waals surface area (Å²) in [5, 5.41) is 25.1. The number of rotatable bonds is 6. The van der Waals surface area contributed by atoms with E-state index in [1.807, 2.05) is 0 Å². The van der Waals surface area contributed by atoms with Gasteiger partial charge in [0.2, 0.25) is 0 Å². The van der Waals surface area contributed by atoms with Gasteiger partial charge >= 0.3 is 0 Å². The highest BCUT2D eigenvalue weighted by atomic mass is 35.5. The molecular weight excluding hydrogens is 386 g/mol. The second kappa shape index (κ2) is 8.47. The summed E-state index contributed by atoms with van der Waals surface area (Å²) in [7, 11) is 0. The number of hydrogen-bond donors (Lipinski definition) is 2. The van der Waals surface area contributed by atoms with Crippen LogP contribution in [0.5, 0.6) is 0 Å². The summed E-state index contributed by atoms with van der Waals surface area (Å²) in [5.41, 5.74) is 2.72. The summed E-state index contributed by atoms with van der Waals surface area (Å²) in [6.07, 6.45) is -0.136. The van der Waals surface area contributed by atoms with Crippen molar-refractivity contribution in [3.8, 4) is 11.3 Å². The molecule has 2 N–H and O–H groups in total. The van der Waals surface area contributed by atoms with Crippen molar-refractivity contribution >= 4 is 29.4 Å². The van der Waals surface area contributed by atoms with E-state index in [4.69, 9.17) is 16.0 Å². The first kappa shape index (κ1) is 19.3. The molecule has 0 aliphatic heterocycles. The normalized spacial score (nSPS) is 12.1. The largest absolute Gasteiger partial charge is 0.455 e. The maximum Gasteiger partial charge on any atom is 0.281 e. The van der Waals surface area contributed by atoms with Crippen LogP contribution in [0.1, 0.15) is 17.4 Å². The number of hydrogen-bond acceptors (Lipinski definition) is 6. The lowest BCUT2D eigenvalue weighted by Crippen LogP contribution is -2.25. The molecule has 142 valence electrons. The smallest absolute Gasteiger partial charge is 0.281 e. The van der Waals surface area contributed by atoms with Gasteiger partial charge in [0.05, 0.1) is 16.7 Å². The van der Waals surface area contributed by atoms with E-state index in [1.165, 1.54) is 36.5 Å². The predicted octanol–water partition coefficient (Wildman–Crippen LogP) is 3.69. The van der Waals surface area contributed by atoms with Crippen molar-refractivity contribution in [1.82, 2.24) is 5.43 Å². The van der Waals surface area contributed by atoms with Gasteiger partial charge < -0.3 is 9.52 Å².